The highest BCUT2D eigenvalue weighted by Gasteiger charge is 2.38. The van der Waals surface area contributed by atoms with Crippen LogP contribution >= 0.6 is 0 Å². The quantitative estimate of drug-likeness (QED) is 0.450. The first-order valence-corrected chi connectivity index (χ1v) is 12.5. The van der Waals surface area contributed by atoms with Gasteiger partial charge < -0.3 is 20.3 Å². The van der Waals surface area contributed by atoms with Gasteiger partial charge in [0.05, 0.1) is 6.07 Å². The summed E-state index contributed by atoms with van der Waals surface area (Å²) in [6.07, 6.45) is -0.156. The molecule has 8 heteroatoms. The first-order chi connectivity index (χ1) is 17.4. The van der Waals surface area contributed by atoms with Crippen LogP contribution < -0.4 is 10.6 Å². The van der Waals surface area contributed by atoms with Crippen LogP contribution in [0.3, 0.4) is 0 Å². The third-order valence-corrected chi connectivity index (χ3v) is 6.03. The number of anilines is 1. The molecule has 3 amide bonds. The van der Waals surface area contributed by atoms with E-state index in [1.165, 1.54) is 4.90 Å². The third-order valence-electron chi connectivity index (χ3n) is 6.03. The topological polar surface area (TPSA) is 112 Å². The number of nitrogens with zero attached hydrogens (tertiary/aromatic N) is 2. The van der Waals surface area contributed by atoms with Gasteiger partial charge in [-0.25, -0.2) is 4.79 Å². The number of alkyl carbamates (subject to hydrolysis) is 1. The maximum atomic E-state index is 14.0. The van der Waals surface area contributed by atoms with Gasteiger partial charge in [-0.1, -0.05) is 68.3 Å². The van der Waals surface area contributed by atoms with Crippen molar-refractivity contribution in [1.29, 1.82) is 5.26 Å². The molecule has 8 nitrogen and oxygen atoms in total. The summed E-state index contributed by atoms with van der Waals surface area (Å²) >= 11 is 0. The molecule has 2 N–H and O–H groups in total. The van der Waals surface area contributed by atoms with Gasteiger partial charge in [0.1, 0.15) is 24.2 Å². The number of carbonyl (C=O) groups is 3. The minimum Gasteiger partial charge on any atom is -0.444 e. The summed E-state index contributed by atoms with van der Waals surface area (Å²) in [5.41, 5.74) is 2.27. The number of benzene rings is 2. The van der Waals surface area contributed by atoms with E-state index in [-0.39, 0.29) is 12.5 Å². The smallest absolute Gasteiger partial charge is 0.408 e. The minimum atomic E-state index is -1.10. The number of carbonyl (C=O) groups excluding carboxylic acids is 3. The fourth-order valence-corrected chi connectivity index (χ4v) is 3.80. The van der Waals surface area contributed by atoms with Crippen molar-refractivity contribution in [3.05, 3.63) is 65.2 Å². The molecule has 0 aliphatic carbocycles. The van der Waals surface area contributed by atoms with Crippen molar-refractivity contribution in [2.24, 2.45) is 5.92 Å². The van der Waals surface area contributed by atoms with Gasteiger partial charge in [-0.05, 0) is 57.7 Å². The molecule has 0 radical (unpaired) electrons. The Morgan fingerprint density at radius 2 is 1.68 bits per heavy atom. The number of hydrogen-bond acceptors (Lipinski definition) is 5. The fraction of sp³-hybridized carbons (Fsp3) is 0.448. The maximum absolute atomic E-state index is 14.0. The average molecular weight is 507 g/mol. The Kier molecular flexibility index (Phi) is 10.2. The Labute approximate surface area is 220 Å². The molecule has 0 spiro atoms. The Bertz CT molecular complexity index is 1130. The second-order valence-corrected chi connectivity index (χ2v) is 10.3. The van der Waals surface area contributed by atoms with Crippen LogP contribution in [-0.4, -0.2) is 41.0 Å². The number of amides is 3. The lowest BCUT2D eigenvalue weighted by atomic mass is 9.95. The molecule has 0 aliphatic heterocycles. The van der Waals surface area contributed by atoms with Crippen molar-refractivity contribution in [2.75, 3.05) is 11.9 Å². The van der Waals surface area contributed by atoms with Crippen molar-refractivity contribution in [3.8, 4) is 6.07 Å². The number of aryl methyl sites for hydroxylation is 2. The van der Waals surface area contributed by atoms with Crippen LogP contribution in [0.2, 0.25) is 0 Å². The molecule has 0 aromatic heterocycles. The van der Waals surface area contributed by atoms with Crippen molar-refractivity contribution >= 4 is 23.6 Å². The summed E-state index contributed by atoms with van der Waals surface area (Å²) in [5.74, 6) is -1.27. The molecule has 2 rings (SSSR count). The van der Waals surface area contributed by atoms with E-state index in [9.17, 15) is 19.6 Å². The number of ether oxygens (including phenoxy) is 1. The molecule has 2 aromatic carbocycles. The fourth-order valence-electron chi connectivity index (χ4n) is 3.80. The SMILES string of the molecule is CCC(C)C(NC(=O)OC(C)(C)C)C(=O)N(CC#N)C(C(=O)Nc1ccccc1C)c1ccc(C)cc1. The monoisotopic (exact) mass is 506 g/mol. The summed E-state index contributed by atoms with van der Waals surface area (Å²) in [6, 6.07) is 14.5. The largest absolute Gasteiger partial charge is 0.444 e. The van der Waals surface area contributed by atoms with Crippen molar-refractivity contribution < 1.29 is 19.1 Å². The number of para-hydroxylation sites is 1. The van der Waals surface area contributed by atoms with E-state index in [0.29, 0.717) is 17.7 Å². The average Bonchev–Trinajstić information content (AvgIpc) is 2.82. The zero-order chi connectivity index (χ0) is 27.8. The molecule has 0 fully saturated rings. The van der Waals surface area contributed by atoms with Crippen LogP contribution in [0.5, 0.6) is 0 Å². The van der Waals surface area contributed by atoms with E-state index >= 15 is 0 Å². The maximum Gasteiger partial charge on any atom is 0.408 e. The van der Waals surface area contributed by atoms with E-state index in [1.54, 1.807) is 39.0 Å². The highest BCUT2D eigenvalue weighted by molar-refractivity contribution is 5.99. The van der Waals surface area contributed by atoms with Crippen LogP contribution in [0.4, 0.5) is 10.5 Å². The first kappa shape index (κ1) is 29.4. The molecule has 0 aliphatic rings. The van der Waals surface area contributed by atoms with E-state index in [4.69, 9.17) is 4.74 Å². The molecular weight excluding hydrogens is 468 g/mol. The zero-order valence-electron chi connectivity index (χ0n) is 22.8. The lowest BCUT2D eigenvalue weighted by molar-refractivity contribution is -0.141. The Morgan fingerprint density at radius 1 is 1.05 bits per heavy atom. The van der Waals surface area contributed by atoms with Crippen LogP contribution in [-0.2, 0) is 14.3 Å². The molecule has 0 bridgehead atoms. The summed E-state index contributed by atoms with van der Waals surface area (Å²) in [4.78, 5) is 41.5. The van der Waals surface area contributed by atoms with Gasteiger partial charge in [0, 0.05) is 5.69 Å². The molecule has 0 saturated carbocycles. The predicted octanol–water partition coefficient (Wildman–Crippen LogP) is 5.27. The number of rotatable bonds is 9. The Morgan fingerprint density at radius 3 is 2.22 bits per heavy atom. The Balaban J connectivity index is 2.52. The number of nitriles is 1. The van der Waals surface area contributed by atoms with E-state index < -0.39 is 35.6 Å². The van der Waals surface area contributed by atoms with Crippen molar-refractivity contribution in [1.82, 2.24) is 10.2 Å². The van der Waals surface area contributed by atoms with Gasteiger partial charge in [0.25, 0.3) is 5.91 Å². The predicted molar refractivity (Wildman–Crippen MR) is 144 cm³/mol. The number of nitrogens with one attached hydrogen (secondary N) is 2. The molecule has 0 saturated heterocycles. The standard InChI is InChI=1S/C29H38N4O4/c1-8-20(3)24(32-28(36)37-29(5,6)7)27(35)33(18-17-30)25(22-15-13-19(2)14-16-22)26(34)31-23-12-10-9-11-21(23)4/h9-16,20,24-25H,8,18H2,1-7H3,(H,31,34)(H,32,36). The Hall–Kier alpha value is -3.86. The highest BCUT2D eigenvalue weighted by Crippen LogP contribution is 2.27. The lowest BCUT2D eigenvalue weighted by Gasteiger charge is -2.34. The second kappa shape index (κ2) is 12.9. The minimum absolute atomic E-state index is 0.278. The van der Waals surface area contributed by atoms with E-state index in [1.807, 2.05) is 64.1 Å². The van der Waals surface area contributed by atoms with E-state index in [2.05, 4.69) is 10.6 Å². The van der Waals surface area contributed by atoms with Crippen LogP contribution in [0, 0.1) is 31.1 Å². The molecule has 0 heterocycles. The summed E-state index contributed by atoms with van der Waals surface area (Å²) < 4.78 is 5.39. The van der Waals surface area contributed by atoms with Crippen LogP contribution in [0.1, 0.15) is 63.8 Å². The molecule has 3 unspecified atom stereocenters. The highest BCUT2D eigenvalue weighted by atomic mass is 16.6. The van der Waals surface area contributed by atoms with Gasteiger partial charge in [-0.15, -0.1) is 0 Å². The van der Waals surface area contributed by atoms with Gasteiger partial charge in [0.2, 0.25) is 5.91 Å². The third kappa shape index (κ3) is 8.35. The molecule has 2 aromatic rings. The molecule has 37 heavy (non-hydrogen) atoms. The number of hydrogen-bond donors (Lipinski definition) is 2. The van der Waals surface area contributed by atoms with Gasteiger partial charge in [-0.2, -0.15) is 5.26 Å². The van der Waals surface area contributed by atoms with Crippen molar-refractivity contribution in [3.63, 3.8) is 0 Å². The second-order valence-electron chi connectivity index (χ2n) is 10.3. The lowest BCUT2D eigenvalue weighted by Crippen LogP contribution is -2.54. The normalized spacial score (nSPS) is 13.5. The molecule has 3 atom stereocenters. The molecule has 198 valence electrons. The first-order valence-electron chi connectivity index (χ1n) is 12.5. The summed E-state index contributed by atoms with van der Waals surface area (Å²) in [5, 5.41) is 15.3. The van der Waals surface area contributed by atoms with Crippen LogP contribution in [0.15, 0.2) is 48.5 Å². The van der Waals surface area contributed by atoms with Gasteiger partial charge in [-0.3, -0.25) is 9.59 Å². The van der Waals surface area contributed by atoms with Crippen LogP contribution in [0.25, 0.3) is 0 Å². The molecular formula is C29H38N4O4. The zero-order valence-corrected chi connectivity index (χ0v) is 22.8. The van der Waals surface area contributed by atoms with Gasteiger partial charge >= 0.3 is 6.09 Å². The summed E-state index contributed by atoms with van der Waals surface area (Å²) in [7, 11) is 0. The van der Waals surface area contributed by atoms with Crippen molar-refractivity contribution in [2.45, 2.75) is 72.6 Å². The van der Waals surface area contributed by atoms with E-state index in [0.717, 1.165) is 11.1 Å². The van der Waals surface area contributed by atoms with Gasteiger partial charge in [0.15, 0.2) is 0 Å². The summed E-state index contributed by atoms with van der Waals surface area (Å²) in [6.45, 7) is 12.4.